The molecule has 2 aromatic rings. The number of amides is 2. The number of ether oxygens (including phenoxy) is 3. The molecular weight excluding hydrogens is 441 g/mol. The van der Waals surface area contributed by atoms with Crippen LogP contribution in [0.3, 0.4) is 0 Å². The predicted octanol–water partition coefficient (Wildman–Crippen LogP) is 2.45. The minimum absolute atomic E-state index is 0.0590. The van der Waals surface area contributed by atoms with E-state index in [1.54, 1.807) is 24.3 Å². The Labute approximate surface area is 198 Å². The number of morpholine rings is 1. The summed E-state index contributed by atoms with van der Waals surface area (Å²) < 4.78 is 30.0. The van der Waals surface area contributed by atoms with Gasteiger partial charge in [0.05, 0.1) is 27.4 Å². The van der Waals surface area contributed by atoms with Crippen LogP contribution in [0.25, 0.3) is 6.08 Å². The molecule has 0 aliphatic carbocycles. The van der Waals surface area contributed by atoms with Gasteiger partial charge in [-0.25, -0.2) is 4.39 Å². The molecule has 3 rings (SSSR count). The maximum Gasteiger partial charge on any atom is 0.267 e. The molecular formula is C25H30FN3O5. The summed E-state index contributed by atoms with van der Waals surface area (Å²) in [6.07, 6.45) is 2.06. The summed E-state index contributed by atoms with van der Waals surface area (Å²) >= 11 is 0. The first kappa shape index (κ1) is 25.2. The van der Waals surface area contributed by atoms with E-state index in [-0.39, 0.29) is 16.8 Å². The van der Waals surface area contributed by atoms with E-state index in [0.717, 1.165) is 26.1 Å². The van der Waals surface area contributed by atoms with Crippen LogP contribution in [0.1, 0.15) is 22.3 Å². The van der Waals surface area contributed by atoms with Crippen molar-refractivity contribution in [3.8, 4) is 11.5 Å². The Bertz CT molecular complexity index is 1020. The number of carbonyl (C=O) groups excluding carboxylic acids is 2. The molecule has 1 saturated heterocycles. The fourth-order valence-corrected chi connectivity index (χ4v) is 3.50. The summed E-state index contributed by atoms with van der Waals surface area (Å²) in [5, 5.41) is 5.42. The van der Waals surface area contributed by atoms with E-state index in [4.69, 9.17) is 14.2 Å². The van der Waals surface area contributed by atoms with Crippen molar-refractivity contribution in [1.29, 1.82) is 0 Å². The number of benzene rings is 2. The van der Waals surface area contributed by atoms with Crippen molar-refractivity contribution in [2.45, 2.75) is 6.42 Å². The van der Waals surface area contributed by atoms with Gasteiger partial charge in [0, 0.05) is 30.8 Å². The quantitative estimate of drug-likeness (QED) is 0.409. The normalized spacial score (nSPS) is 14.4. The van der Waals surface area contributed by atoms with Crippen LogP contribution in [0, 0.1) is 5.82 Å². The molecule has 182 valence electrons. The van der Waals surface area contributed by atoms with Gasteiger partial charge in [0.15, 0.2) is 11.5 Å². The molecule has 2 N–H and O–H groups in total. The number of carbonyl (C=O) groups is 2. The zero-order valence-electron chi connectivity index (χ0n) is 19.4. The first-order chi connectivity index (χ1) is 16.5. The molecule has 0 spiro atoms. The summed E-state index contributed by atoms with van der Waals surface area (Å²) in [4.78, 5) is 28.1. The molecule has 2 amide bonds. The molecule has 9 heteroatoms. The number of hydrogen-bond donors (Lipinski definition) is 2. The highest BCUT2D eigenvalue weighted by atomic mass is 19.1. The average Bonchev–Trinajstić information content (AvgIpc) is 2.87. The molecule has 1 fully saturated rings. The van der Waals surface area contributed by atoms with Gasteiger partial charge in [-0.15, -0.1) is 0 Å². The number of nitrogens with one attached hydrogen (secondary N) is 2. The second-order valence-corrected chi connectivity index (χ2v) is 7.67. The van der Waals surface area contributed by atoms with Crippen LogP contribution in [0.5, 0.6) is 11.5 Å². The number of hydrogen-bond acceptors (Lipinski definition) is 6. The molecule has 0 bridgehead atoms. The number of methoxy groups -OCH3 is 2. The van der Waals surface area contributed by atoms with Gasteiger partial charge in [-0.3, -0.25) is 14.5 Å². The van der Waals surface area contributed by atoms with Crippen LogP contribution in [0.2, 0.25) is 0 Å². The average molecular weight is 472 g/mol. The van der Waals surface area contributed by atoms with Gasteiger partial charge in [-0.05, 0) is 43.3 Å². The van der Waals surface area contributed by atoms with Gasteiger partial charge in [0.25, 0.3) is 11.8 Å². The lowest BCUT2D eigenvalue weighted by atomic mass is 10.1. The zero-order chi connectivity index (χ0) is 24.3. The topological polar surface area (TPSA) is 89.1 Å². The van der Waals surface area contributed by atoms with Crippen molar-refractivity contribution in [2.24, 2.45) is 0 Å². The number of halogens is 1. The maximum absolute atomic E-state index is 14.2. The van der Waals surface area contributed by atoms with Crippen LogP contribution >= 0.6 is 0 Å². The molecule has 0 aromatic heterocycles. The highest BCUT2D eigenvalue weighted by Gasteiger charge is 2.17. The highest BCUT2D eigenvalue weighted by molar-refractivity contribution is 6.05. The minimum atomic E-state index is -0.535. The van der Waals surface area contributed by atoms with E-state index in [0.29, 0.717) is 31.3 Å². The van der Waals surface area contributed by atoms with Crippen molar-refractivity contribution >= 4 is 17.9 Å². The van der Waals surface area contributed by atoms with Crippen molar-refractivity contribution in [1.82, 2.24) is 15.5 Å². The van der Waals surface area contributed by atoms with Crippen molar-refractivity contribution < 1.29 is 28.2 Å². The molecule has 2 aromatic carbocycles. The molecule has 8 nitrogen and oxygen atoms in total. The van der Waals surface area contributed by atoms with E-state index in [1.165, 1.54) is 38.5 Å². The Kier molecular flexibility index (Phi) is 9.42. The van der Waals surface area contributed by atoms with Crippen LogP contribution in [-0.4, -0.2) is 70.3 Å². The molecule has 0 unspecified atom stereocenters. The molecule has 34 heavy (non-hydrogen) atoms. The summed E-state index contributed by atoms with van der Waals surface area (Å²) in [6, 6.07) is 10.7. The van der Waals surface area contributed by atoms with E-state index in [9.17, 15) is 14.0 Å². The maximum atomic E-state index is 14.2. The molecule has 0 saturated carbocycles. The Balaban J connectivity index is 1.71. The first-order valence-electron chi connectivity index (χ1n) is 11.1. The van der Waals surface area contributed by atoms with Gasteiger partial charge in [-0.2, -0.15) is 0 Å². The zero-order valence-corrected chi connectivity index (χ0v) is 19.4. The summed E-state index contributed by atoms with van der Waals surface area (Å²) in [5.41, 5.74) is 0.391. The first-order valence-corrected chi connectivity index (χ1v) is 11.1. The highest BCUT2D eigenvalue weighted by Crippen LogP contribution is 2.27. The van der Waals surface area contributed by atoms with Gasteiger partial charge >= 0.3 is 0 Å². The second kappa shape index (κ2) is 12.7. The Morgan fingerprint density at radius 3 is 2.53 bits per heavy atom. The fourth-order valence-electron chi connectivity index (χ4n) is 3.50. The van der Waals surface area contributed by atoms with E-state index in [1.807, 2.05) is 0 Å². The molecule has 1 aliphatic heterocycles. The van der Waals surface area contributed by atoms with E-state index >= 15 is 0 Å². The third-order valence-corrected chi connectivity index (χ3v) is 5.38. The van der Waals surface area contributed by atoms with E-state index in [2.05, 4.69) is 15.5 Å². The van der Waals surface area contributed by atoms with Crippen LogP contribution < -0.4 is 20.1 Å². The SMILES string of the molecule is COc1ccc(C(=O)NC(=Cc2ccccc2F)C(=O)NCCCN2CCOCC2)cc1OC. The molecule has 0 atom stereocenters. The monoisotopic (exact) mass is 471 g/mol. The van der Waals surface area contributed by atoms with Crippen LogP contribution in [0.4, 0.5) is 4.39 Å². The van der Waals surface area contributed by atoms with Crippen molar-refractivity contribution in [2.75, 3.05) is 53.6 Å². The van der Waals surface area contributed by atoms with Gasteiger partial charge in [0.2, 0.25) is 0 Å². The minimum Gasteiger partial charge on any atom is -0.493 e. The molecule has 1 aliphatic rings. The van der Waals surface area contributed by atoms with Gasteiger partial charge in [-0.1, -0.05) is 18.2 Å². The Hall–Kier alpha value is -3.43. The lowest BCUT2D eigenvalue weighted by Gasteiger charge is -2.26. The summed E-state index contributed by atoms with van der Waals surface area (Å²) in [7, 11) is 2.96. The lowest BCUT2D eigenvalue weighted by molar-refractivity contribution is -0.117. The third-order valence-electron chi connectivity index (χ3n) is 5.38. The van der Waals surface area contributed by atoms with Gasteiger partial charge in [0.1, 0.15) is 11.5 Å². The van der Waals surface area contributed by atoms with Gasteiger partial charge < -0.3 is 24.8 Å². The van der Waals surface area contributed by atoms with Crippen molar-refractivity contribution in [3.05, 3.63) is 65.1 Å². The lowest BCUT2D eigenvalue weighted by Crippen LogP contribution is -2.39. The number of nitrogens with zero attached hydrogens (tertiary/aromatic N) is 1. The largest absolute Gasteiger partial charge is 0.493 e. The van der Waals surface area contributed by atoms with Crippen molar-refractivity contribution in [3.63, 3.8) is 0 Å². The van der Waals surface area contributed by atoms with Crippen LogP contribution in [0.15, 0.2) is 48.2 Å². The van der Waals surface area contributed by atoms with Crippen LogP contribution in [-0.2, 0) is 9.53 Å². The second-order valence-electron chi connectivity index (χ2n) is 7.67. The molecule has 1 heterocycles. The summed E-state index contributed by atoms with van der Waals surface area (Å²) in [5.74, 6) is -0.687. The Morgan fingerprint density at radius 1 is 1.09 bits per heavy atom. The smallest absolute Gasteiger partial charge is 0.267 e. The number of rotatable bonds is 10. The van der Waals surface area contributed by atoms with E-state index < -0.39 is 17.6 Å². The Morgan fingerprint density at radius 2 is 1.82 bits per heavy atom. The molecule has 0 radical (unpaired) electrons. The summed E-state index contributed by atoms with van der Waals surface area (Å²) in [6.45, 7) is 4.40. The predicted molar refractivity (Wildman–Crippen MR) is 126 cm³/mol. The fraction of sp³-hybridized carbons (Fsp3) is 0.360. The third kappa shape index (κ3) is 7.03. The standard InChI is InChI=1S/C25H30FN3O5/c1-32-22-9-8-19(17-23(22)33-2)24(30)28-21(16-18-6-3-4-7-20(18)26)25(31)27-10-5-11-29-12-14-34-15-13-29/h3-4,6-9,16-17H,5,10-15H2,1-2H3,(H,27,31)(H,28,30).